The number of nitrogens with zero attached hydrogens (tertiary/aromatic N) is 1. The molecule has 1 fully saturated rings. The highest BCUT2D eigenvalue weighted by Gasteiger charge is 2.15. The molecule has 1 saturated heterocycles. The Morgan fingerprint density at radius 2 is 2.53 bits per heavy atom. The van der Waals surface area contributed by atoms with Crippen LogP contribution in [0.2, 0.25) is 0 Å². The number of nitrogens with one attached hydrogen (secondary N) is 1. The molecule has 4 nitrogen and oxygen atoms in total. The summed E-state index contributed by atoms with van der Waals surface area (Å²) in [6.07, 6.45) is 1.91. The Balaban J connectivity index is 1.69. The van der Waals surface area contributed by atoms with Crippen LogP contribution in [0, 0.1) is 0 Å². The summed E-state index contributed by atoms with van der Waals surface area (Å²) in [5, 5.41) is 6.42. The molecular weight excluding hydrogens is 236 g/mol. The van der Waals surface area contributed by atoms with Gasteiger partial charge in [-0.25, -0.2) is 4.98 Å². The highest BCUT2D eigenvalue weighted by molar-refractivity contribution is 7.17. The Labute approximate surface area is 104 Å². The van der Waals surface area contributed by atoms with Crippen LogP contribution in [0.15, 0.2) is 23.7 Å². The van der Waals surface area contributed by atoms with E-state index in [1.165, 1.54) is 4.70 Å². The number of hydrogen-bond donors (Lipinski definition) is 1. The van der Waals surface area contributed by atoms with E-state index in [9.17, 15) is 0 Å². The predicted molar refractivity (Wildman–Crippen MR) is 67.7 cm³/mol. The number of hydrogen-bond acceptors (Lipinski definition) is 5. The van der Waals surface area contributed by atoms with Gasteiger partial charge < -0.3 is 14.8 Å². The molecule has 1 aliphatic rings. The summed E-state index contributed by atoms with van der Waals surface area (Å²) in [5.74, 6) is 0.706. The van der Waals surface area contributed by atoms with Crippen molar-refractivity contribution in [1.82, 2.24) is 10.3 Å². The van der Waals surface area contributed by atoms with Crippen molar-refractivity contribution in [2.24, 2.45) is 0 Å². The topological polar surface area (TPSA) is 43.4 Å². The first kappa shape index (κ1) is 11.0. The van der Waals surface area contributed by atoms with E-state index >= 15 is 0 Å². The third-order valence-corrected chi connectivity index (χ3v) is 3.64. The Morgan fingerprint density at radius 1 is 1.53 bits per heavy atom. The van der Waals surface area contributed by atoms with Crippen LogP contribution in [0.4, 0.5) is 0 Å². The van der Waals surface area contributed by atoms with E-state index in [0.29, 0.717) is 12.5 Å². The third kappa shape index (κ3) is 2.41. The molecule has 0 bridgehead atoms. The maximum absolute atomic E-state index is 5.75. The summed E-state index contributed by atoms with van der Waals surface area (Å²) in [4.78, 5) is 4.27. The lowest BCUT2D eigenvalue weighted by Gasteiger charge is -2.23. The van der Waals surface area contributed by atoms with Gasteiger partial charge in [-0.1, -0.05) is 0 Å². The van der Waals surface area contributed by atoms with E-state index < -0.39 is 0 Å². The van der Waals surface area contributed by atoms with Gasteiger partial charge in [0.25, 0.3) is 0 Å². The number of morpholine rings is 1. The second-order valence-corrected chi connectivity index (χ2v) is 4.90. The molecule has 1 unspecified atom stereocenters. The fourth-order valence-corrected chi connectivity index (χ4v) is 2.66. The van der Waals surface area contributed by atoms with Crippen LogP contribution >= 0.6 is 11.3 Å². The molecule has 3 heterocycles. The number of aromatic nitrogens is 1. The van der Waals surface area contributed by atoms with Crippen molar-refractivity contribution in [3.8, 4) is 5.88 Å². The van der Waals surface area contributed by atoms with Crippen molar-refractivity contribution in [3.05, 3.63) is 23.7 Å². The van der Waals surface area contributed by atoms with Crippen molar-refractivity contribution < 1.29 is 9.47 Å². The van der Waals surface area contributed by atoms with Gasteiger partial charge in [-0.2, -0.15) is 0 Å². The molecule has 0 saturated carbocycles. The number of thiophene rings is 1. The van der Waals surface area contributed by atoms with Crippen molar-refractivity contribution in [2.75, 3.05) is 26.3 Å². The van der Waals surface area contributed by atoms with E-state index in [-0.39, 0.29) is 6.10 Å². The van der Waals surface area contributed by atoms with E-state index in [1.54, 1.807) is 17.5 Å². The van der Waals surface area contributed by atoms with E-state index in [1.807, 2.05) is 12.1 Å². The number of rotatable bonds is 3. The van der Waals surface area contributed by atoms with Crippen LogP contribution in [0.5, 0.6) is 5.88 Å². The first-order valence-electron chi connectivity index (χ1n) is 5.71. The summed E-state index contributed by atoms with van der Waals surface area (Å²) < 4.78 is 12.5. The van der Waals surface area contributed by atoms with Crippen LogP contribution in [0.25, 0.3) is 10.1 Å². The summed E-state index contributed by atoms with van der Waals surface area (Å²) in [7, 11) is 0. The van der Waals surface area contributed by atoms with Gasteiger partial charge in [-0.05, 0) is 17.5 Å². The van der Waals surface area contributed by atoms with Gasteiger partial charge >= 0.3 is 0 Å². The van der Waals surface area contributed by atoms with Gasteiger partial charge in [0, 0.05) is 24.0 Å². The lowest BCUT2D eigenvalue weighted by molar-refractivity contribution is -0.000381. The summed E-state index contributed by atoms with van der Waals surface area (Å²) >= 11 is 1.70. The molecule has 2 aromatic rings. The maximum Gasteiger partial charge on any atom is 0.222 e. The van der Waals surface area contributed by atoms with Crippen LogP contribution < -0.4 is 10.1 Å². The Morgan fingerprint density at radius 3 is 3.41 bits per heavy atom. The molecule has 1 aliphatic heterocycles. The first-order valence-corrected chi connectivity index (χ1v) is 6.59. The molecule has 0 aromatic carbocycles. The Kier molecular flexibility index (Phi) is 3.22. The van der Waals surface area contributed by atoms with Crippen LogP contribution in [0.1, 0.15) is 0 Å². The zero-order valence-electron chi connectivity index (χ0n) is 9.39. The quantitative estimate of drug-likeness (QED) is 0.900. The second-order valence-electron chi connectivity index (χ2n) is 3.96. The van der Waals surface area contributed by atoms with Crippen molar-refractivity contribution in [2.45, 2.75) is 6.10 Å². The van der Waals surface area contributed by atoms with Crippen LogP contribution in [0.3, 0.4) is 0 Å². The average Bonchev–Trinajstić information content (AvgIpc) is 2.86. The molecule has 0 radical (unpaired) electrons. The molecule has 0 aliphatic carbocycles. The molecule has 0 spiro atoms. The minimum atomic E-state index is 0.124. The van der Waals surface area contributed by atoms with Gasteiger partial charge in [-0.15, -0.1) is 11.3 Å². The van der Waals surface area contributed by atoms with Crippen LogP contribution in [-0.2, 0) is 4.74 Å². The SMILES string of the molecule is c1cc2sccc2c(OCC2CNCCO2)n1. The minimum absolute atomic E-state index is 0.124. The van der Waals surface area contributed by atoms with Gasteiger partial charge in [0.2, 0.25) is 5.88 Å². The molecule has 3 rings (SSSR count). The van der Waals surface area contributed by atoms with Crippen LogP contribution in [-0.4, -0.2) is 37.4 Å². The smallest absolute Gasteiger partial charge is 0.222 e. The monoisotopic (exact) mass is 250 g/mol. The summed E-state index contributed by atoms with van der Waals surface area (Å²) in [6, 6.07) is 4.05. The number of fused-ring (bicyclic) bond motifs is 1. The molecule has 1 atom stereocenters. The number of pyridine rings is 1. The van der Waals surface area contributed by atoms with E-state index in [2.05, 4.69) is 15.7 Å². The zero-order valence-corrected chi connectivity index (χ0v) is 10.2. The van der Waals surface area contributed by atoms with Gasteiger partial charge in [-0.3, -0.25) is 0 Å². The maximum atomic E-state index is 5.75. The van der Waals surface area contributed by atoms with E-state index in [0.717, 1.165) is 25.1 Å². The molecule has 1 N–H and O–H groups in total. The molecule has 0 amide bonds. The van der Waals surface area contributed by atoms with Crippen molar-refractivity contribution in [3.63, 3.8) is 0 Å². The predicted octanol–water partition coefficient (Wildman–Crippen LogP) is 1.66. The lowest BCUT2D eigenvalue weighted by atomic mass is 10.3. The standard InChI is InChI=1S/C12H14N2O2S/c1-3-14-12(10-2-6-17-11(1)10)16-8-9-7-13-4-5-15-9/h1-3,6,9,13H,4-5,7-8H2. The van der Waals surface area contributed by atoms with Crippen molar-refractivity contribution >= 4 is 21.4 Å². The lowest BCUT2D eigenvalue weighted by Crippen LogP contribution is -2.41. The largest absolute Gasteiger partial charge is 0.474 e. The first-order chi connectivity index (χ1) is 8.43. The Bertz CT molecular complexity index is 494. The van der Waals surface area contributed by atoms with Gasteiger partial charge in [0.15, 0.2) is 0 Å². The molecule has 17 heavy (non-hydrogen) atoms. The van der Waals surface area contributed by atoms with Crippen molar-refractivity contribution in [1.29, 1.82) is 0 Å². The third-order valence-electron chi connectivity index (χ3n) is 2.75. The highest BCUT2D eigenvalue weighted by Crippen LogP contribution is 2.27. The highest BCUT2D eigenvalue weighted by atomic mass is 32.1. The number of ether oxygens (including phenoxy) is 2. The zero-order chi connectivity index (χ0) is 11.5. The Hall–Kier alpha value is -1.17. The molecule has 2 aromatic heterocycles. The molecule has 90 valence electrons. The minimum Gasteiger partial charge on any atom is -0.474 e. The fraction of sp³-hybridized carbons (Fsp3) is 0.417. The summed E-state index contributed by atoms with van der Waals surface area (Å²) in [6.45, 7) is 3.08. The normalized spacial score (nSPS) is 20.6. The van der Waals surface area contributed by atoms with E-state index in [4.69, 9.17) is 9.47 Å². The van der Waals surface area contributed by atoms with Gasteiger partial charge in [0.05, 0.1) is 12.0 Å². The summed E-state index contributed by atoms with van der Waals surface area (Å²) in [5.41, 5.74) is 0. The average molecular weight is 250 g/mol. The second kappa shape index (κ2) is 5.00. The molecule has 5 heteroatoms. The fourth-order valence-electron chi connectivity index (χ4n) is 1.88. The van der Waals surface area contributed by atoms with Gasteiger partial charge in [0.1, 0.15) is 12.7 Å². The molecular formula is C12H14N2O2S.